The molecule has 5 aromatic rings. The third-order valence-electron chi connectivity index (χ3n) is 8.29. The molecule has 0 unspecified atom stereocenters. The van der Waals surface area contributed by atoms with Crippen molar-refractivity contribution in [3.8, 4) is 11.9 Å². The number of nitrogens with zero attached hydrogens (tertiary/aromatic N) is 7. The number of piperidine rings is 1. The fourth-order valence-electron chi connectivity index (χ4n) is 5.88. The first-order chi connectivity index (χ1) is 21.4. The Kier molecular flexibility index (Phi) is 8.34. The van der Waals surface area contributed by atoms with Gasteiger partial charge in [0.25, 0.3) is 0 Å². The van der Waals surface area contributed by atoms with Crippen molar-refractivity contribution in [2.24, 2.45) is 0 Å². The Morgan fingerprint density at radius 3 is 2.73 bits per heavy atom. The average molecular weight is 594 g/mol. The van der Waals surface area contributed by atoms with Crippen LogP contribution in [0, 0.1) is 17.1 Å². The number of aromatic carboxylic acids is 1. The van der Waals surface area contributed by atoms with Crippen LogP contribution >= 0.6 is 0 Å². The van der Waals surface area contributed by atoms with Crippen LogP contribution in [0.1, 0.15) is 69.8 Å². The molecule has 1 aliphatic rings. The number of halogens is 1. The molecule has 11 heteroatoms. The van der Waals surface area contributed by atoms with E-state index >= 15 is 0 Å². The Morgan fingerprint density at radius 2 is 1.98 bits per heavy atom. The molecule has 0 amide bonds. The predicted octanol–water partition coefficient (Wildman–Crippen LogP) is 5.20. The summed E-state index contributed by atoms with van der Waals surface area (Å²) in [5, 5.41) is 23.5. The minimum atomic E-state index is -0.973. The molecule has 0 radical (unpaired) electrons. The van der Waals surface area contributed by atoms with Crippen LogP contribution in [0.25, 0.3) is 5.52 Å². The summed E-state index contributed by atoms with van der Waals surface area (Å²) >= 11 is 0. The van der Waals surface area contributed by atoms with E-state index in [1.165, 1.54) is 6.07 Å². The van der Waals surface area contributed by atoms with E-state index < -0.39 is 11.8 Å². The maximum Gasteiger partial charge on any atom is 0.335 e. The summed E-state index contributed by atoms with van der Waals surface area (Å²) in [7, 11) is 0. The monoisotopic (exact) mass is 593 g/mol. The van der Waals surface area contributed by atoms with Gasteiger partial charge >= 0.3 is 5.97 Å². The van der Waals surface area contributed by atoms with Crippen LogP contribution in [0.15, 0.2) is 67.3 Å². The Morgan fingerprint density at radius 1 is 1.14 bits per heavy atom. The number of imidazole rings is 1. The molecule has 0 atom stereocenters. The number of carboxylic acid groups (broad SMARTS) is 1. The number of carboxylic acids is 1. The van der Waals surface area contributed by atoms with Crippen molar-refractivity contribution >= 4 is 11.5 Å². The zero-order chi connectivity index (χ0) is 30.6. The number of hydrogen-bond donors (Lipinski definition) is 1. The van der Waals surface area contributed by atoms with Gasteiger partial charge in [0.2, 0.25) is 5.88 Å². The van der Waals surface area contributed by atoms with Gasteiger partial charge in [-0.15, -0.1) is 0 Å². The van der Waals surface area contributed by atoms with Crippen molar-refractivity contribution in [2.75, 3.05) is 13.1 Å². The number of pyridine rings is 2. The summed E-state index contributed by atoms with van der Waals surface area (Å²) in [4.78, 5) is 23.1. The number of rotatable bonds is 10. The molecule has 0 saturated carbocycles. The molecule has 6 rings (SSSR count). The minimum Gasteiger partial charge on any atom is -0.478 e. The summed E-state index contributed by atoms with van der Waals surface area (Å²) in [5.74, 6) is 0.195. The SMILES string of the molecule is CCn1ccnc1Cc1c(CN2CCC(c3cccnc3OCc3ccc(C#N)cc3F)CC2)nn2ccc(C(=O)O)cc12. The van der Waals surface area contributed by atoms with E-state index in [1.807, 2.05) is 24.4 Å². The van der Waals surface area contributed by atoms with Crippen LogP contribution < -0.4 is 4.74 Å². The molecule has 0 bridgehead atoms. The van der Waals surface area contributed by atoms with Gasteiger partial charge in [-0.1, -0.05) is 12.1 Å². The smallest absolute Gasteiger partial charge is 0.335 e. The predicted molar refractivity (Wildman–Crippen MR) is 160 cm³/mol. The Balaban J connectivity index is 1.17. The fourth-order valence-corrected chi connectivity index (χ4v) is 5.88. The highest BCUT2D eigenvalue weighted by atomic mass is 19.1. The highest BCUT2D eigenvalue weighted by molar-refractivity contribution is 5.89. The Labute approximate surface area is 254 Å². The quantitative estimate of drug-likeness (QED) is 0.234. The van der Waals surface area contributed by atoms with E-state index in [4.69, 9.17) is 15.1 Å². The molecule has 44 heavy (non-hydrogen) atoms. The van der Waals surface area contributed by atoms with Crippen molar-refractivity contribution in [3.63, 3.8) is 0 Å². The molecule has 4 aromatic heterocycles. The number of hydrogen-bond acceptors (Lipinski definition) is 7. The second-order valence-corrected chi connectivity index (χ2v) is 10.9. The molecule has 1 aliphatic heterocycles. The zero-order valence-corrected chi connectivity index (χ0v) is 24.4. The zero-order valence-electron chi connectivity index (χ0n) is 24.4. The van der Waals surface area contributed by atoms with Gasteiger partial charge in [0.1, 0.15) is 18.2 Å². The second-order valence-electron chi connectivity index (χ2n) is 10.9. The standard InChI is InChI=1S/C33H32FN7O3/c1-2-40-15-11-36-31(40)18-27-29(38-41-14-9-24(33(42)43)17-30(27)41)20-39-12-7-23(8-13-39)26-4-3-10-37-32(26)44-21-25-6-5-22(19-35)16-28(25)34/h3-6,9-11,14-17,23H,2,7-8,12-13,18,20-21H2,1H3,(H,42,43). The van der Waals surface area contributed by atoms with Crippen molar-refractivity contribution in [1.82, 2.24) is 29.0 Å². The molecule has 10 nitrogen and oxygen atoms in total. The lowest BCUT2D eigenvalue weighted by atomic mass is 9.90. The second kappa shape index (κ2) is 12.7. The average Bonchev–Trinajstić information content (AvgIpc) is 3.64. The number of nitriles is 1. The molecule has 1 aromatic carbocycles. The van der Waals surface area contributed by atoms with Crippen LogP contribution in [0.5, 0.6) is 5.88 Å². The van der Waals surface area contributed by atoms with E-state index in [9.17, 15) is 14.3 Å². The van der Waals surface area contributed by atoms with Crippen LogP contribution in [0.2, 0.25) is 0 Å². The summed E-state index contributed by atoms with van der Waals surface area (Å²) in [6, 6.07) is 13.5. The number of carbonyl (C=O) groups is 1. The van der Waals surface area contributed by atoms with Gasteiger partial charge in [-0.05, 0) is 69.1 Å². The molecular weight excluding hydrogens is 561 g/mol. The molecule has 0 spiro atoms. The first kappa shape index (κ1) is 29.0. The van der Waals surface area contributed by atoms with Gasteiger partial charge in [0.15, 0.2) is 0 Å². The van der Waals surface area contributed by atoms with Gasteiger partial charge in [0.05, 0.1) is 28.4 Å². The molecule has 224 valence electrons. The number of likely N-dealkylation sites (tertiary alicyclic amines) is 1. The number of ether oxygens (including phenoxy) is 1. The van der Waals surface area contributed by atoms with Gasteiger partial charge in [-0.3, -0.25) is 4.90 Å². The summed E-state index contributed by atoms with van der Waals surface area (Å²) < 4.78 is 24.3. The minimum absolute atomic E-state index is 0.0247. The topological polar surface area (TPSA) is 122 Å². The normalized spacial score (nSPS) is 14.1. The Bertz CT molecular complexity index is 1850. The number of aromatic nitrogens is 5. The third-order valence-corrected chi connectivity index (χ3v) is 8.29. The number of benzene rings is 1. The summed E-state index contributed by atoms with van der Waals surface area (Å²) in [5.41, 5.74) is 4.53. The van der Waals surface area contributed by atoms with Gasteiger partial charge in [-0.25, -0.2) is 23.7 Å². The lowest BCUT2D eigenvalue weighted by Crippen LogP contribution is -2.33. The van der Waals surface area contributed by atoms with E-state index in [-0.39, 0.29) is 23.7 Å². The van der Waals surface area contributed by atoms with Crippen LogP contribution in [0.4, 0.5) is 4.39 Å². The molecule has 1 N–H and O–H groups in total. The molecule has 5 heterocycles. The van der Waals surface area contributed by atoms with Crippen LogP contribution in [0.3, 0.4) is 0 Å². The lowest BCUT2D eigenvalue weighted by Gasteiger charge is -2.32. The van der Waals surface area contributed by atoms with Crippen LogP contribution in [-0.4, -0.2) is 53.2 Å². The molecule has 1 saturated heterocycles. The van der Waals surface area contributed by atoms with Crippen LogP contribution in [-0.2, 0) is 26.1 Å². The van der Waals surface area contributed by atoms with Gasteiger partial charge in [-0.2, -0.15) is 10.4 Å². The summed E-state index contributed by atoms with van der Waals surface area (Å²) in [6.07, 6.45) is 9.44. The van der Waals surface area contributed by atoms with E-state index in [0.29, 0.717) is 24.4 Å². The van der Waals surface area contributed by atoms with E-state index in [2.05, 4.69) is 26.4 Å². The van der Waals surface area contributed by atoms with Crippen molar-refractivity contribution < 1.29 is 19.0 Å². The van der Waals surface area contributed by atoms with Gasteiger partial charge < -0.3 is 14.4 Å². The fraction of sp³-hybridized carbons (Fsp3) is 0.303. The van der Waals surface area contributed by atoms with Crippen molar-refractivity contribution in [3.05, 3.63) is 112 Å². The third kappa shape index (κ3) is 6.02. The summed E-state index contributed by atoms with van der Waals surface area (Å²) in [6.45, 7) is 5.18. The lowest BCUT2D eigenvalue weighted by molar-refractivity contribution is 0.0697. The van der Waals surface area contributed by atoms with Crippen molar-refractivity contribution in [1.29, 1.82) is 5.26 Å². The highest BCUT2D eigenvalue weighted by Gasteiger charge is 2.26. The largest absolute Gasteiger partial charge is 0.478 e. The van der Waals surface area contributed by atoms with Gasteiger partial charge in [0, 0.05) is 61.0 Å². The van der Waals surface area contributed by atoms with E-state index in [1.54, 1.807) is 47.4 Å². The first-order valence-electron chi connectivity index (χ1n) is 14.7. The number of aryl methyl sites for hydroxylation is 1. The molecule has 1 fully saturated rings. The molecular formula is C33H32FN7O3. The maximum atomic E-state index is 14.4. The van der Waals surface area contributed by atoms with E-state index in [0.717, 1.165) is 60.6 Å². The van der Waals surface area contributed by atoms with Crippen molar-refractivity contribution in [2.45, 2.75) is 51.8 Å². The molecule has 0 aliphatic carbocycles. The maximum absolute atomic E-state index is 14.4. The first-order valence-corrected chi connectivity index (χ1v) is 14.7. The number of fused-ring (bicyclic) bond motifs is 1. The Hall–Kier alpha value is -5.08. The highest BCUT2D eigenvalue weighted by Crippen LogP contribution is 2.34.